The van der Waals surface area contributed by atoms with E-state index in [1.165, 1.54) is 6.07 Å². The number of H-pyrrole nitrogens is 1. The Morgan fingerprint density at radius 1 is 1.27 bits per heavy atom. The van der Waals surface area contributed by atoms with Crippen LogP contribution in [0.4, 0.5) is 5.69 Å². The van der Waals surface area contributed by atoms with Crippen molar-refractivity contribution in [2.75, 3.05) is 31.1 Å². The summed E-state index contributed by atoms with van der Waals surface area (Å²) >= 11 is 0. The Hall–Kier alpha value is -2.21. The standard InChI is InChI=1S/C17H29N9O5S2/c1-10(19)11-4-6-26(7-5-11)13-2-3-14(33(30,31)21-9-12(27)8-18)16(32(20,28)29)15(13)17-22-24-25-23-17/h2-3,10-12,21,27H,4-9,18-19H2,1H3,(H2,20,28,29)(H,22,23,24,25)/t10?,12-/m1/s1. The first-order valence-electron chi connectivity index (χ1n) is 10.3. The number of piperidine rings is 1. The Kier molecular flexibility index (Phi) is 7.67. The van der Waals surface area contributed by atoms with Gasteiger partial charge in [0.15, 0.2) is 5.82 Å². The number of nitrogens with one attached hydrogen (secondary N) is 2. The predicted molar refractivity (Wildman–Crippen MR) is 120 cm³/mol. The van der Waals surface area contributed by atoms with Crippen LogP contribution >= 0.6 is 0 Å². The fourth-order valence-electron chi connectivity index (χ4n) is 3.84. The zero-order valence-electron chi connectivity index (χ0n) is 18.0. The minimum atomic E-state index is -4.57. The average molecular weight is 504 g/mol. The normalized spacial score (nSPS) is 17.8. The van der Waals surface area contributed by atoms with Gasteiger partial charge in [0.25, 0.3) is 0 Å². The monoisotopic (exact) mass is 503 g/mol. The lowest BCUT2D eigenvalue weighted by Gasteiger charge is -2.36. The highest BCUT2D eigenvalue weighted by Crippen LogP contribution is 2.39. The topological polar surface area (TPSA) is 236 Å². The Morgan fingerprint density at radius 2 is 1.94 bits per heavy atom. The van der Waals surface area contributed by atoms with Crippen LogP contribution in [0.2, 0.25) is 0 Å². The minimum absolute atomic E-state index is 0.0209. The lowest BCUT2D eigenvalue weighted by Crippen LogP contribution is -2.40. The van der Waals surface area contributed by atoms with E-state index < -0.39 is 42.5 Å². The third kappa shape index (κ3) is 5.65. The van der Waals surface area contributed by atoms with Crippen molar-refractivity contribution in [1.29, 1.82) is 0 Å². The van der Waals surface area contributed by atoms with Crippen LogP contribution in [-0.4, -0.2) is 80.9 Å². The van der Waals surface area contributed by atoms with E-state index in [0.717, 1.165) is 18.9 Å². The molecule has 0 bridgehead atoms. The molecule has 0 saturated carbocycles. The summed E-state index contributed by atoms with van der Waals surface area (Å²) in [4.78, 5) is 0.686. The average Bonchev–Trinajstić information content (AvgIpc) is 3.30. The maximum Gasteiger partial charge on any atom is 0.242 e. The molecule has 2 heterocycles. The lowest BCUT2D eigenvalue weighted by molar-refractivity contribution is 0.186. The molecule has 2 aromatic rings. The number of benzene rings is 1. The molecular formula is C17H29N9O5S2. The largest absolute Gasteiger partial charge is 0.390 e. The number of aromatic amines is 1. The van der Waals surface area contributed by atoms with E-state index in [0.29, 0.717) is 24.7 Å². The van der Waals surface area contributed by atoms with Gasteiger partial charge in [0.05, 0.1) is 11.7 Å². The van der Waals surface area contributed by atoms with Crippen LogP contribution in [0.5, 0.6) is 0 Å². The number of hydrogen-bond donors (Lipinski definition) is 6. The number of primary sulfonamides is 1. The summed E-state index contributed by atoms with van der Waals surface area (Å²) in [6, 6.07) is 2.68. The Labute approximate surface area is 192 Å². The third-order valence-corrected chi connectivity index (χ3v) is 8.25. The highest BCUT2D eigenvalue weighted by molar-refractivity contribution is 7.92. The summed E-state index contributed by atoms with van der Waals surface area (Å²) in [5.41, 5.74) is 11.7. The molecule has 1 aromatic carbocycles. The van der Waals surface area contributed by atoms with Gasteiger partial charge >= 0.3 is 0 Å². The first-order valence-corrected chi connectivity index (χ1v) is 13.3. The Morgan fingerprint density at radius 3 is 2.45 bits per heavy atom. The summed E-state index contributed by atoms with van der Waals surface area (Å²) in [5, 5.41) is 28.5. The quantitative estimate of drug-likeness (QED) is 0.212. The number of anilines is 1. The van der Waals surface area contributed by atoms with E-state index in [9.17, 15) is 21.9 Å². The number of aliphatic hydroxyl groups excluding tert-OH is 1. The van der Waals surface area contributed by atoms with Crippen molar-refractivity contribution in [3.8, 4) is 11.4 Å². The van der Waals surface area contributed by atoms with Crippen molar-refractivity contribution in [1.82, 2.24) is 25.3 Å². The van der Waals surface area contributed by atoms with Gasteiger partial charge in [-0.15, -0.1) is 5.10 Å². The molecule has 1 aliphatic heterocycles. The van der Waals surface area contributed by atoms with Gasteiger partial charge in [-0.25, -0.2) is 31.8 Å². The van der Waals surface area contributed by atoms with Crippen molar-refractivity contribution in [3.05, 3.63) is 12.1 Å². The maximum atomic E-state index is 13.0. The molecule has 1 fully saturated rings. The predicted octanol–water partition coefficient (Wildman–Crippen LogP) is -2.32. The summed E-state index contributed by atoms with van der Waals surface area (Å²) in [6.45, 7) is 2.49. The lowest BCUT2D eigenvalue weighted by atomic mass is 9.90. The fraction of sp³-hybridized carbons (Fsp3) is 0.588. The van der Waals surface area contributed by atoms with Gasteiger partial charge in [-0.05, 0) is 48.2 Å². The molecule has 9 N–H and O–H groups in total. The number of aliphatic hydroxyl groups is 1. The summed E-state index contributed by atoms with van der Waals surface area (Å²) in [5.74, 6) is 0.259. The molecule has 1 saturated heterocycles. The van der Waals surface area contributed by atoms with Gasteiger partial charge in [0.2, 0.25) is 20.0 Å². The van der Waals surface area contributed by atoms with Gasteiger partial charge in [-0.2, -0.15) is 0 Å². The molecule has 16 heteroatoms. The molecule has 1 unspecified atom stereocenters. The van der Waals surface area contributed by atoms with Crippen LogP contribution in [0, 0.1) is 5.92 Å². The second-order valence-corrected chi connectivity index (χ2v) is 11.2. The second-order valence-electron chi connectivity index (χ2n) is 8.01. The van der Waals surface area contributed by atoms with Crippen molar-refractivity contribution in [2.24, 2.45) is 22.5 Å². The molecule has 33 heavy (non-hydrogen) atoms. The van der Waals surface area contributed by atoms with E-state index in [2.05, 4.69) is 25.3 Å². The highest BCUT2D eigenvalue weighted by Gasteiger charge is 2.34. The van der Waals surface area contributed by atoms with E-state index in [1.54, 1.807) is 0 Å². The summed E-state index contributed by atoms with van der Waals surface area (Å²) in [6.07, 6.45) is 0.394. The van der Waals surface area contributed by atoms with Crippen LogP contribution in [0.3, 0.4) is 0 Å². The summed E-state index contributed by atoms with van der Waals surface area (Å²) < 4.78 is 53.5. The van der Waals surface area contributed by atoms with E-state index in [4.69, 9.17) is 16.6 Å². The van der Waals surface area contributed by atoms with Crippen LogP contribution in [0.1, 0.15) is 19.8 Å². The highest BCUT2D eigenvalue weighted by atomic mass is 32.2. The number of sulfonamides is 2. The van der Waals surface area contributed by atoms with Crippen LogP contribution in [-0.2, 0) is 20.0 Å². The van der Waals surface area contributed by atoms with Crippen molar-refractivity contribution >= 4 is 25.7 Å². The van der Waals surface area contributed by atoms with Gasteiger partial charge in [-0.3, -0.25) is 0 Å². The number of tetrazole rings is 1. The molecule has 2 atom stereocenters. The molecule has 0 radical (unpaired) electrons. The second kappa shape index (κ2) is 9.96. The molecule has 0 aliphatic carbocycles. The fourth-order valence-corrected chi connectivity index (χ4v) is 6.51. The van der Waals surface area contributed by atoms with Gasteiger partial charge in [0.1, 0.15) is 9.79 Å². The van der Waals surface area contributed by atoms with Crippen molar-refractivity contribution < 1.29 is 21.9 Å². The molecule has 3 rings (SSSR count). The zero-order chi connectivity index (χ0) is 24.4. The zero-order valence-corrected chi connectivity index (χ0v) is 19.7. The number of aromatic nitrogens is 4. The minimum Gasteiger partial charge on any atom is -0.390 e. The number of rotatable bonds is 9. The Balaban J connectivity index is 2.16. The Bertz CT molecular complexity index is 1160. The molecule has 1 aromatic heterocycles. The third-order valence-electron chi connectivity index (χ3n) is 5.66. The van der Waals surface area contributed by atoms with Crippen LogP contribution < -0.4 is 26.2 Å². The number of nitrogens with zero attached hydrogens (tertiary/aromatic N) is 4. The maximum absolute atomic E-state index is 13.0. The first-order chi connectivity index (χ1) is 15.5. The number of hydrogen-bond acceptors (Lipinski definition) is 11. The molecule has 0 spiro atoms. The summed E-state index contributed by atoms with van der Waals surface area (Å²) in [7, 11) is -8.97. The van der Waals surface area contributed by atoms with Crippen LogP contribution in [0.25, 0.3) is 11.4 Å². The van der Waals surface area contributed by atoms with E-state index in [-0.39, 0.29) is 24.0 Å². The van der Waals surface area contributed by atoms with E-state index >= 15 is 0 Å². The molecular weight excluding hydrogens is 474 g/mol. The molecule has 184 valence electrons. The molecule has 1 aliphatic rings. The molecule has 14 nitrogen and oxygen atoms in total. The SMILES string of the molecule is CC(N)C1CCN(c2ccc(S(=O)(=O)NC[C@H](O)CN)c(S(N)(=O)=O)c2-c2nnn[nH]2)CC1. The van der Waals surface area contributed by atoms with Gasteiger partial charge in [0, 0.05) is 37.9 Å². The van der Waals surface area contributed by atoms with Crippen molar-refractivity contribution in [3.63, 3.8) is 0 Å². The van der Waals surface area contributed by atoms with E-state index in [1.807, 2.05) is 11.8 Å². The van der Waals surface area contributed by atoms with Gasteiger partial charge in [-0.1, -0.05) is 0 Å². The first kappa shape index (κ1) is 25.4. The van der Waals surface area contributed by atoms with Crippen molar-refractivity contribution in [2.45, 2.75) is 41.7 Å². The smallest absolute Gasteiger partial charge is 0.242 e. The molecule has 0 amide bonds. The van der Waals surface area contributed by atoms with Gasteiger partial charge < -0.3 is 21.5 Å². The van der Waals surface area contributed by atoms with Crippen LogP contribution in [0.15, 0.2) is 21.9 Å². The number of nitrogens with two attached hydrogens (primary N) is 3.